The van der Waals surface area contributed by atoms with Gasteiger partial charge >= 0.3 is 0 Å². The number of fused-ring (bicyclic) bond motifs is 8. The first-order chi connectivity index (χ1) is 28.8. The van der Waals surface area contributed by atoms with Crippen molar-refractivity contribution >= 4 is 10.8 Å². The number of hydrogen-bond donors (Lipinski definition) is 0. The quantitative estimate of drug-likeness (QED) is 0.168. The fourth-order valence-electron chi connectivity index (χ4n) is 9.12. The normalized spacial score (nSPS) is 13.8. The predicted molar refractivity (Wildman–Crippen MR) is 252 cm³/mol. The van der Waals surface area contributed by atoms with Gasteiger partial charge in [-0.25, -0.2) is 0 Å². The van der Waals surface area contributed by atoms with E-state index in [9.17, 15) is 0 Å². The molecule has 286 valence electrons. The molecule has 0 saturated carbocycles. The average Bonchev–Trinajstić information content (AvgIpc) is 3.73. The average molecular weight is 759 g/mol. The van der Waals surface area contributed by atoms with Crippen LogP contribution in [0.3, 0.4) is 0 Å². The Hall–Kier alpha value is -6.76. The largest absolute Gasteiger partial charge is 0.0622 e. The Morgan fingerprint density at radius 2 is 0.864 bits per heavy atom. The van der Waals surface area contributed by atoms with Crippen LogP contribution in [0.1, 0.15) is 64.3 Å². The maximum atomic E-state index is 2.39. The fourth-order valence-corrected chi connectivity index (χ4v) is 9.12. The van der Waals surface area contributed by atoms with Gasteiger partial charge in [-0.3, -0.25) is 0 Å². The lowest BCUT2D eigenvalue weighted by molar-refractivity contribution is 0.660. The second-order valence-corrected chi connectivity index (χ2v) is 16.7. The molecule has 0 N–H and O–H groups in total. The lowest BCUT2D eigenvalue weighted by atomic mass is 9.81. The van der Waals surface area contributed by atoms with Crippen LogP contribution < -0.4 is 0 Å². The summed E-state index contributed by atoms with van der Waals surface area (Å²) in [6.45, 7) is 11.0. The highest BCUT2D eigenvalue weighted by atomic mass is 14.4. The van der Waals surface area contributed by atoms with Gasteiger partial charge in [0.05, 0.1) is 0 Å². The van der Waals surface area contributed by atoms with E-state index in [-0.39, 0.29) is 11.3 Å². The van der Waals surface area contributed by atoms with Crippen molar-refractivity contribution in [1.82, 2.24) is 0 Å². The molecule has 0 heterocycles. The second-order valence-electron chi connectivity index (χ2n) is 16.7. The van der Waals surface area contributed by atoms with Gasteiger partial charge in [0.2, 0.25) is 0 Å². The Labute approximate surface area is 350 Å². The highest BCUT2D eigenvalue weighted by molar-refractivity contribution is 5.98. The smallest absolute Gasteiger partial charge is 0.0358 e. The molecule has 9 aromatic rings. The summed E-state index contributed by atoms with van der Waals surface area (Å²) in [6, 6.07) is 74.9. The summed E-state index contributed by atoms with van der Waals surface area (Å²) in [5.41, 5.74) is 21.7. The molecule has 11 rings (SSSR count). The number of aryl methyl sites for hydroxylation is 3. The molecule has 9 aromatic carbocycles. The van der Waals surface area contributed by atoms with Crippen molar-refractivity contribution in [3.05, 3.63) is 251 Å². The first-order valence-corrected chi connectivity index (χ1v) is 20.9. The molecule has 0 aromatic heterocycles. The van der Waals surface area contributed by atoms with Gasteiger partial charge in [-0.1, -0.05) is 225 Å². The summed E-state index contributed by atoms with van der Waals surface area (Å²) in [4.78, 5) is 0. The molecule has 0 fully saturated rings. The maximum absolute atomic E-state index is 2.39. The Kier molecular flexibility index (Phi) is 10.2. The minimum Gasteiger partial charge on any atom is -0.0622 e. The number of rotatable bonds is 3. The van der Waals surface area contributed by atoms with Gasteiger partial charge in [-0.05, 0) is 116 Å². The Morgan fingerprint density at radius 3 is 1.53 bits per heavy atom. The van der Waals surface area contributed by atoms with Gasteiger partial charge in [0.15, 0.2) is 0 Å². The van der Waals surface area contributed by atoms with Crippen LogP contribution in [-0.4, -0.2) is 0 Å². The van der Waals surface area contributed by atoms with Crippen LogP contribution in [0, 0.1) is 20.8 Å². The molecule has 0 bridgehead atoms. The molecule has 2 aliphatic carbocycles. The van der Waals surface area contributed by atoms with Crippen molar-refractivity contribution in [2.24, 2.45) is 0 Å². The number of benzene rings is 9. The lowest BCUT2D eigenvalue weighted by Gasteiger charge is -2.22. The van der Waals surface area contributed by atoms with Gasteiger partial charge in [0.25, 0.3) is 0 Å². The summed E-state index contributed by atoms with van der Waals surface area (Å²) in [7, 11) is 0. The van der Waals surface area contributed by atoms with Crippen molar-refractivity contribution in [3.63, 3.8) is 0 Å². The van der Waals surface area contributed by atoms with Crippen LogP contribution in [0.5, 0.6) is 0 Å². The molecule has 2 aliphatic rings. The Bertz CT molecular complexity index is 2900. The molecule has 59 heavy (non-hydrogen) atoms. The van der Waals surface area contributed by atoms with E-state index >= 15 is 0 Å². The first-order valence-electron chi connectivity index (χ1n) is 20.9. The van der Waals surface area contributed by atoms with Crippen LogP contribution >= 0.6 is 0 Å². The van der Waals surface area contributed by atoms with E-state index in [1.165, 1.54) is 99.8 Å². The summed E-state index contributed by atoms with van der Waals surface area (Å²) < 4.78 is 0. The summed E-state index contributed by atoms with van der Waals surface area (Å²) >= 11 is 0. The molecule has 0 unspecified atom stereocenters. The molecule has 0 saturated heterocycles. The van der Waals surface area contributed by atoms with E-state index in [1.807, 2.05) is 18.2 Å². The summed E-state index contributed by atoms with van der Waals surface area (Å²) in [5.74, 6) is 0.273. The van der Waals surface area contributed by atoms with Crippen molar-refractivity contribution in [2.75, 3.05) is 0 Å². The third-order valence-corrected chi connectivity index (χ3v) is 12.3. The van der Waals surface area contributed by atoms with Crippen molar-refractivity contribution in [2.45, 2.75) is 46.0 Å². The number of hydrogen-bond acceptors (Lipinski definition) is 0. The molecular weight excluding hydrogens is 709 g/mol. The predicted octanol–water partition coefficient (Wildman–Crippen LogP) is 15.9. The minimum atomic E-state index is 0.0760. The SMILES string of the molecule is Cc1ccc(-c2ccc3c(c2)-c2ccc4ccccc4c2[C@H]3c2ccccc2)cc1.Cc1ccc(-c2ccc3c(c2)C(C)(C)c2ccccc2-3)cc1.Cc1ccccc1. The van der Waals surface area contributed by atoms with E-state index in [4.69, 9.17) is 0 Å². The van der Waals surface area contributed by atoms with Gasteiger partial charge in [0.1, 0.15) is 0 Å². The van der Waals surface area contributed by atoms with Crippen LogP contribution in [0.15, 0.2) is 206 Å². The Balaban J connectivity index is 0.000000135. The highest BCUT2D eigenvalue weighted by Crippen LogP contribution is 2.52. The molecular formula is C59H50. The third kappa shape index (κ3) is 7.32. The van der Waals surface area contributed by atoms with E-state index in [1.54, 1.807) is 0 Å². The standard InChI is InChI=1S/C30H22.C22H20.C7H8/c1-20-11-13-21(14-12-20)24-16-18-26-28(19-24)27-17-15-22-7-5-6-10-25(22)30(27)29(26)23-8-3-2-4-9-23;1-15-8-10-16(11-9-15)17-12-13-19-18-6-4-5-7-20(18)22(2,3)21(19)14-17;1-7-5-3-2-4-6-7/h2-19,29H,1H3;4-14H,1-3H3;2-6H,1H3/t29-;;/m0../s1. The molecule has 0 aliphatic heterocycles. The zero-order chi connectivity index (χ0) is 40.5. The van der Waals surface area contributed by atoms with Crippen LogP contribution in [0.4, 0.5) is 0 Å². The van der Waals surface area contributed by atoms with Gasteiger partial charge in [0, 0.05) is 11.3 Å². The monoisotopic (exact) mass is 758 g/mol. The van der Waals surface area contributed by atoms with Crippen molar-refractivity contribution < 1.29 is 0 Å². The lowest BCUT2D eigenvalue weighted by Crippen LogP contribution is -2.14. The van der Waals surface area contributed by atoms with Crippen molar-refractivity contribution in [3.8, 4) is 44.5 Å². The van der Waals surface area contributed by atoms with Gasteiger partial charge < -0.3 is 0 Å². The second kappa shape index (κ2) is 15.9. The topological polar surface area (TPSA) is 0 Å². The molecule has 0 spiro atoms. The fraction of sp³-hybridized carbons (Fsp3) is 0.119. The molecule has 0 heteroatoms. The third-order valence-electron chi connectivity index (χ3n) is 12.3. The van der Waals surface area contributed by atoms with E-state index in [0.717, 1.165) is 0 Å². The summed E-state index contributed by atoms with van der Waals surface area (Å²) in [5, 5.41) is 2.67. The molecule has 1 atom stereocenters. The highest BCUT2D eigenvalue weighted by Gasteiger charge is 2.35. The zero-order valence-electron chi connectivity index (χ0n) is 34.7. The van der Waals surface area contributed by atoms with E-state index in [0.29, 0.717) is 0 Å². The van der Waals surface area contributed by atoms with Crippen LogP contribution in [0.2, 0.25) is 0 Å². The van der Waals surface area contributed by atoms with Crippen LogP contribution in [0.25, 0.3) is 55.3 Å². The van der Waals surface area contributed by atoms with Crippen molar-refractivity contribution in [1.29, 1.82) is 0 Å². The van der Waals surface area contributed by atoms with Gasteiger partial charge in [-0.15, -0.1) is 0 Å². The molecule has 0 nitrogen and oxygen atoms in total. The van der Waals surface area contributed by atoms with E-state index in [2.05, 4.69) is 223 Å². The zero-order valence-corrected chi connectivity index (χ0v) is 34.7. The Morgan fingerprint density at radius 1 is 0.356 bits per heavy atom. The maximum Gasteiger partial charge on any atom is 0.0358 e. The summed E-state index contributed by atoms with van der Waals surface area (Å²) in [6.07, 6.45) is 0. The molecule has 0 amide bonds. The molecule has 0 radical (unpaired) electrons. The first kappa shape index (κ1) is 37.8. The van der Waals surface area contributed by atoms with Crippen LogP contribution in [-0.2, 0) is 5.41 Å². The van der Waals surface area contributed by atoms with E-state index < -0.39 is 0 Å². The minimum absolute atomic E-state index is 0.0760. The van der Waals surface area contributed by atoms with Gasteiger partial charge in [-0.2, -0.15) is 0 Å².